The van der Waals surface area contributed by atoms with Crippen LogP contribution in [-0.2, 0) is 44.1 Å². The van der Waals surface area contributed by atoms with Crippen molar-refractivity contribution in [3.8, 4) is 17.1 Å². The van der Waals surface area contributed by atoms with Gasteiger partial charge in [-0.3, -0.25) is 9.59 Å². The zero-order valence-corrected chi connectivity index (χ0v) is 32.7. The van der Waals surface area contributed by atoms with E-state index in [2.05, 4.69) is 37.3 Å². The number of carbonyl (C=O) groups excluding carboxylic acids is 3. The van der Waals surface area contributed by atoms with E-state index in [1.54, 1.807) is 28.5 Å². The summed E-state index contributed by atoms with van der Waals surface area (Å²) in [6.07, 6.45) is 7.85. The maximum atomic E-state index is 14.2. The average Bonchev–Trinajstić information content (AvgIpc) is 3.56. The van der Waals surface area contributed by atoms with Crippen LogP contribution in [0, 0.1) is 0 Å². The number of benzene rings is 1. The molecule has 7 rings (SSSR count). The van der Waals surface area contributed by atoms with Crippen molar-refractivity contribution in [2.75, 3.05) is 32.7 Å². The Balaban J connectivity index is 1.14. The fourth-order valence-electron chi connectivity index (χ4n) is 8.45. The third kappa shape index (κ3) is 7.44. The number of aromatic nitrogens is 2. The van der Waals surface area contributed by atoms with Crippen LogP contribution in [-0.4, -0.2) is 81.3 Å². The molecule has 2 aromatic heterocycles. The molecule has 0 unspecified atom stereocenters. The van der Waals surface area contributed by atoms with Crippen molar-refractivity contribution in [3.05, 3.63) is 67.3 Å². The number of piperidine rings is 2. The van der Waals surface area contributed by atoms with E-state index in [1.165, 1.54) is 19.3 Å². The van der Waals surface area contributed by atoms with Gasteiger partial charge in [0.1, 0.15) is 12.4 Å². The third-order valence-corrected chi connectivity index (χ3v) is 11.8. The molecule has 0 saturated carbocycles. The summed E-state index contributed by atoms with van der Waals surface area (Å²) in [5, 5.41) is 6.36. The highest BCUT2D eigenvalue weighted by Gasteiger charge is 2.50. The quantitative estimate of drug-likeness (QED) is 0.0294. The van der Waals surface area contributed by atoms with Gasteiger partial charge in [-0.15, -0.1) is 0 Å². The molecule has 6 heterocycles. The second kappa shape index (κ2) is 16.7. The van der Waals surface area contributed by atoms with E-state index in [-0.39, 0.29) is 43.2 Å². The first-order valence-corrected chi connectivity index (χ1v) is 20.3. The highest BCUT2D eigenvalue weighted by atomic mass is 127. The minimum atomic E-state index is -1.77. The average molecular weight is 849 g/mol. The smallest absolute Gasteiger partial charge is 0.415 e. The summed E-state index contributed by atoms with van der Waals surface area (Å²) in [5.74, 6) is -0.850. The first kappa shape index (κ1) is 38.1. The van der Waals surface area contributed by atoms with E-state index in [0.717, 1.165) is 42.4 Å². The molecule has 2 fully saturated rings. The van der Waals surface area contributed by atoms with E-state index in [0.29, 0.717) is 79.5 Å². The number of pyridine rings is 2. The summed E-state index contributed by atoms with van der Waals surface area (Å²) in [7, 11) is 0. The normalized spacial score (nSPS) is 19.7. The van der Waals surface area contributed by atoms with Gasteiger partial charge >= 0.3 is 18.0 Å². The van der Waals surface area contributed by atoms with Gasteiger partial charge in [0.2, 0.25) is 10.7 Å². The topological polar surface area (TPSA) is 169 Å². The van der Waals surface area contributed by atoms with E-state index in [4.69, 9.17) is 24.7 Å². The highest BCUT2D eigenvalue weighted by Crippen LogP contribution is 2.42. The monoisotopic (exact) mass is 848 g/mol. The Morgan fingerprint density at radius 1 is 1.09 bits per heavy atom. The van der Waals surface area contributed by atoms with Crippen molar-refractivity contribution in [1.29, 1.82) is 0 Å². The number of rotatable bonds is 12. The number of halogens is 1. The number of ether oxygens (including phenoxy) is 3. The van der Waals surface area contributed by atoms with Crippen LogP contribution in [0.15, 0.2) is 34.2 Å². The molecule has 54 heavy (non-hydrogen) atoms. The van der Waals surface area contributed by atoms with Crippen molar-refractivity contribution < 1.29 is 28.6 Å². The number of hydrogen-bond acceptors (Lipinski definition) is 10. The molecule has 3 aromatic rings. The van der Waals surface area contributed by atoms with Gasteiger partial charge in [-0.25, -0.2) is 14.6 Å². The number of azide groups is 1. The van der Waals surface area contributed by atoms with Crippen molar-refractivity contribution >= 4 is 56.4 Å². The highest BCUT2D eigenvalue weighted by molar-refractivity contribution is 14.1. The van der Waals surface area contributed by atoms with Crippen LogP contribution in [0.2, 0.25) is 0 Å². The van der Waals surface area contributed by atoms with Gasteiger partial charge in [0.25, 0.3) is 5.56 Å². The van der Waals surface area contributed by atoms with Crippen LogP contribution in [0.25, 0.3) is 32.7 Å². The van der Waals surface area contributed by atoms with E-state index >= 15 is 0 Å². The standard InChI is InChI=1S/C38H44BIN7O7/c1-2-38(54-33(48)9-5-3-6-14-42-44-41)30-20-32-34-28(22-47(32)35(49)29(30)23-52-36(38)50)27(21-39-40)26-19-25(10-11-31(26)43-34)53-37(51)46-17-12-24(13-18-46)45-15-7-4-8-16-45/h10-11,19-20,24H,2-9,12-18,21-23H2,1H3/t38-/m0/s1. The number of hydrogen-bond donors (Lipinski definition) is 0. The van der Waals surface area contributed by atoms with Crippen LogP contribution < -0.4 is 10.3 Å². The number of amides is 1. The van der Waals surface area contributed by atoms with Crippen molar-refractivity contribution in [1.82, 2.24) is 19.4 Å². The summed E-state index contributed by atoms with van der Waals surface area (Å²) in [6, 6.07) is 7.73. The molecule has 0 spiro atoms. The molecule has 0 N–H and O–H groups in total. The van der Waals surface area contributed by atoms with Crippen molar-refractivity contribution in [2.24, 2.45) is 5.11 Å². The number of nitrogens with zero attached hydrogens (tertiary/aromatic N) is 7. The van der Waals surface area contributed by atoms with Crippen molar-refractivity contribution in [3.63, 3.8) is 0 Å². The lowest BCUT2D eigenvalue weighted by atomic mass is 9.85. The maximum absolute atomic E-state index is 14.2. The molecule has 14 nitrogen and oxygen atoms in total. The minimum absolute atomic E-state index is 0.0611. The number of unbranched alkanes of at least 4 members (excludes halogenated alkanes) is 2. The first-order chi connectivity index (χ1) is 26.3. The Bertz CT molecular complexity index is 2060. The first-order valence-electron chi connectivity index (χ1n) is 19.0. The number of esters is 2. The Labute approximate surface area is 327 Å². The van der Waals surface area contributed by atoms with Gasteiger partial charge in [0.15, 0.2) is 0 Å². The van der Waals surface area contributed by atoms with Crippen molar-refractivity contribution in [2.45, 2.75) is 102 Å². The summed E-state index contributed by atoms with van der Waals surface area (Å²) in [6.45, 7) is 5.74. The SMILES string of the molecule is CC[C@@]1(OC(=O)CCCCCN=[N+]=[N-])C(=O)OCc2c1cc1n(c2=O)Cc2c-1nc1ccc(OC(=O)N3CCC(N4CCCCC4)CC3)cc1c2C[B]I. The van der Waals surface area contributed by atoms with Crippen LogP contribution in [0.5, 0.6) is 5.75 Å². The summed E-state index contributed by atoms with van der Waals surface area (Å²) in [4.78, 5) is 66.2. The number of fused-ring (bicyclic) bond motifs is 5. The molecular formula is C38H44BIN7O7. The maximum Gasteiger partial charge on any atom is 0.415 e. The molecule has 16 heteroatoms. The molecule has 0 aliphatic carbocycles. The zero-order chi connectivity index (χ0) is 37.8. The van der Waals surface area contributed by atoms with Gasteiger partial charge in [-0.05, 0) is 99.7 Å². The molecule has 283 valence electrons. The summed E-state index contributed by atoms with van der Waals surface area (Å²) >= 11 is 2.21. The Kier molecular flexibility index (Phi) is 11.8. The second-order valence-corrected chi connectivity index (χ2v) is 15.3. The predicted molar refractivity (Wildman–Crippen MR) is 210 cm³/mol. The van der Waals surface area contributed by atoms with Crippen LogP contribution in [0.4, 0.5) is 4.79 Å². The molecule has 1 atom stereocenters. The molecular weight excluding hydrogens is 804 g/mol. The molecule has 1 aromatic carbocycles. The van der Waals surface area contributed by atoms with Gasteiger partial charge in [-0.1, -0.05) is 24.9 Å². The molecule has 0 bridgehead atoms. The van der Waals surface area contributed by atoms with Gasteiger partial charge in [0, 0.05) is 53.5 Å². The molecule has 2 saturated heterocycles. The lowest BCUT2D eigenvalue weighted by Crippen LogP contribution is -2.48. The number of likely N-dealkylation sites (tertiary alicyclic amines) is 2. The van der Waals surface area contributed by atoms with E-state index in [1.807, 2.05) is 17.3 Å². The van der Waals surface area contributed by atoms with Crippen LogP contribution in [0.1, 0.15) is 93.4 Å². The van der Waals surface area contributed by atoms with E-state index < -0.39 is 17.5 Å². The third-order valence-electron chi connectivity index (χ3n) is 11.4. The number of carbonyl (C=O) groups is 3. The van der Waals surface area contributed by atoms with Gasteiger partial charge < -0.3 is 28.6 Å². The fourth-order valence-corrected chi connectivity index (χ4v) is 8.89. The number of cyclic esters (lactones) is 1. The molecule has 1 amide bonds. The Morgan fingerprint density at radius 2 is 1.89 bits per heavy atom. The lowest BCUT2D eigenvalue weighted by Gasteiger charge is -2.39. The molecule has 4 aliphatic rings. The molecule has 1 radical (unpaired) electrons. The van der Waals surface area contributed by atoms with Gasteiger partial charge in [0.05, 0.1) is 29.0 Å². The summed E-state index contributed by atoms with van der Waals surface area (Å²) < 4.78 is 19.0. The van der Waals surface area contributed by atoms with E-state index in [9.17, 15) is 19.2 Å². The minimum Gasteiger partial charge on any atom is -0.457 e. The predicted octanol–water partition coefficient (Wildman–Crippen LogP) is 6.50. The second-order valence-electron chi connectivity index (χ2n) is 14.4. The Morgan fingerprint density at radius 3 is 2.63 bits per heavy atom. The zero-order valence-electron chi connectivity index (χ0n) is 30.6. The Hall–Kier alpha value is -4.15. The van der Waals surface area contributed by atoms with Gasteiger partial charge in [-0.2, -0.15) is 22.4 Å². The fraction of sp³-hybridized carbons (Fsp3) is 0.553. The van der Waals surface area contributed by atoms with Crippen LogP contribution in [0.3, 0.4) is 0 Å². The summed E-state index contributed by atoms with van der Waals surface area (Å²) in [5.41, 5.74) is 10.6. The largest absolute Gasteiger partial charge is 0.457 e. The lowest BCUT2D eigenvalue weighted by molar-refractivity contribution is -0.189. The molecule has 4 aliphatic heterocycles. The van der Waals surface area contributed by atoms with Crippen LogP contribution >= 0.6 is 22.4 Å².